The van der Waals surface area contributed by atoms with E-state index in [1.54, 1.807) is 6.92 Å². The van der Waals surface area contributed by atoms with Gasteiger partial charge in [0, 0.05) is 12.7 Å². The van der Waals surface area contributed by atoms with Crippen LogP contribution in [0.25, 0.3) is 0 Å². The molecule has 9 heteroatoms. The lowest BCUT2D eigenvalue weighted by Crippen LogP contribution is -2.40. The van der Waals surface area contributed by atoms with Crippen molar-refractivity contribution in [3.63, 3.8) is 0 Å². The number of aliphatic hydroxyl groups is 1. The molecule has 6 nitrogen and oxygen atoms in total. The van der Waals surface area contributed by atoms with Crippen LogP contribution in [0.1, 0.15) is 25.0 Å². The molecule has 0 aliphatic carbocycles. The number of alkyl halides is 3. The molecule has 2 rings (SSSR count). The highest BCUT2D eigenvalue weighted by Gasteiger charge is 2.35. The van der Waals surface area contributed by atoms with Crippen LogP contribution in [0.4, 0.5) is 13.2 Å². The molecule has 1 aromatic heterocycles. The van der Waals surface area contributed by atoms with Crippen LogP contribution >= 0.6 is 0 Å². The van der Waals surface area contributed by atoms with Gasteiger partial charge in [-0.2, -0.15) is 13.2 Å². The summed E-state index contributed by atoms with van der Waals surface area (Å²) in [7, 11) is 0. The van der Waals surface area contributed by atoms with Crippen molar-refractivity contribution in [2.45, 2.75) is 25.6 Å². The molecule has 1 heterocycles. The number of benzene rings is 1. The van der Waals surface area contributed by atoms with Gasteiger partial charge in [0.25, 0.3) is 0 Å². The summed E-state index contributed by atoms with van der Waals surface area (Å²) < 4.78 is 44.0. The molecule has 0 radical (unpaired) electrons. The largest absolute Gasteiger partial charge is 0.475 e. The second-order valence-electron chi connectivity index (χ2n) is 6.46. The van der Waals surface area contributed by atoms with Crippen LogP contribution < -0.4 is 15.4 Å². The number of aromatic nitrogens is 1. The van der Waals surface area contributed by atoms with E-state index in [1.807, 2.05) is 37.3 Å². The van der Waals surface area contributed by atoms with E-state index >= 15 is 0 Å². The van der Waals surface area contributed by atoms with Gasteiger partial charge in [-0.25, -0.2) is 9.98 Å². The summed E-state index contributed by atoms with van der Waals surface area (Å²) in [4.78, 5) is 8.01. The number of aliphatic imine (C=N–C) groups is 1. The third-order valence-corrected chi connectivity index (χ3v) is 3.99. The van der Waals surface area contributed by atoms with Crippen LogP contribution in [0.2, 0.25) is 0 Å². The summed E-state index contributed by atoms with van der Waals surface area (Å²) >= 11 is 0. The molecule has 0 saturated heterocycles. The average Bonchev–Trinajstić information content (AvgIpc) is 2.69. The zero-order valence-corrected chi connectivity index (χ0v) is 16.3. The quantitative estimate of drug-likeness (QED) is 0.354. The molecule has 1 aromatic carbocycles. The van der Waals surface area contributed by atoms with E-state index in [-0.39, 0.29) is 19.7 Å². The van der Waals surface area contributed by atoms with Crippen molar-refractivity contribution in [2.24, 2.45) is 4.99 Å². The summed E-state index contributed by atoms with van der Waals surface area (Å²) in [6, 6.07) is 11.3. The van der Waals surface area contributed by atoms with Gasteiger partial charge in [0.15, 0.2) is 5.96 Å². The smallest absolute Gasteiger partial charge is 0.421 e. The Bertz CT molecular complexity index is 796. The Kier molecular flexibility index (Phi) is 7.83. The second-order valence-corrected chi connectivity index (χ2v) is 6.46. The minimum absolute atomic E-state index is 0.0421. The maximum absolute atomic E-state index is 12.9. The first-order valence-electron chi connectivity index (χ1n) is 9.19. The fraction of sp³-hybridized carbons (Fsp3) is 0.400. The molecule has 1 unspecified atom stereocenters. The van der Waals surface area contributed by atoms with Crippen molar-refractivity contribution in [3.8, 4) is 5.88 Å². The minimum Gasteiger partial charge on any atom is -0.475 e. The fourth-order valence-electron chi connectivity index (χ4n) is 2.50. The van der Waals surface area contributed by atoms with Crippen LogP contribution in [-0.2, 0) is 11.8 Å². The molecule has 158 valence electrons. The summed E-state index contributed by atoms with van der Waals surface area (Å²) in [5.41, 5.74) is -1.34. The number of rotatable bonds is 8. The highest BCUT2D eigenvalue weighted by Crippen LogP contribution is 2.34. The molecule has 0 bridgehead atoms. The van der Waals surface area contributed by atoms with E-state index < -0.39 is 23.2 Å². The molecule has 0 aliphatic heterocycles. The first-order chi connectivity index (χ1) is 13.7. The molecule has 1 atom stereocenters. The summed E-state index contributed by atoms with van der Waals surface area (Å²) in [5.74, 6) is -0.0416. The Labute approximate surface area is 167 Å². The topological polar surface area (TPSA) is 78.8 Å². The van der Waals surface area contributed by atoms with Crippen LogP contribution in [0.5, 0.6) is 5.88 Å². The maximum atomic E-state index is 12.9. The van der Waals surface area contributed by atoms with Crippen molar-refractivity contribution < 1.29 is 23.0 Å². The number of guanidine groups is 1. The molecular weight excluding hydrogens is 385 g/mol. The molecule has 0 fully saturated rings. The average molecular weight is 410 g/mol. The first-order valence-corrected chi connectivity index (χ1v) is 9.19. The Morgan fingerprint density at radius 2 is 1.86 bits per heavy atom. The van der Waals surface area contributed by atoms with Gasteiger partial charge in [-0.05, 0) is 31.5 Å². The van der Waals surface area contributed by atoms with Crippen molar-refractivity contribution in [2.75, 3.05) is 26.2 Å². The number of pyridine rings is 1. The van der Waals surface area contributed by atoms with Gasteiger partial charge in [-0.3, -0.25) is 0 Å². The fourth-order valence-corrected chi connectivity index (χ4v) is 2.50. The van der Waals surface area contributed by atoms with Gasteiger partial charge in [0.2, 0.25) is 5.88 Å². The van der Waals surface area contributed by atoms with Gasteiger partial charge in [0.1, 0.15) is 17.8 Å². The van der Waals surface area contributed by atoms with Crippen molar-refractivity contribution >= 4 is 5.96 Å². The van der Waals surface area contributed by atoms with Crippen molar-refractivity contribution in [1.82, 2.24) is 15.6 Å². The molecular formula is C20H25F3N4O2. The number of hydrogen-bond donors (Lipinski definition) is 3. The van der Waals surface area contributed by atoms with E-state index in [0.29, 0.717) is 12.5 Å². The standard InChI is InChI=1S/C20H25F3N4O2/c1-3-24-18(27-14-19(2,28)15-8-5-4-6-9-15)26-12-13-29-17-16(20(21,22)23)10-7-11-25-17/h4-11,28H,3,12-14H2,1-2H3,(H2,24,26,27). The lowest BCUT2D eigenvalue weighted by molar-refractivity contribution is -0.139. The Balaban J connectivity index is 1.92. The summed E-state index contributed by atoms with van der Waals surface area (Å²) in [6.07, 6.45) is -3.29. The first kappa shape index (κ1) is 22.5. The zero-order valence-electron chi connectivity index (χ0n) is 16.3. The predicted molar refractivity (Wildman–Crippen MR) is 105 cm³/mol. The van der Waals surface area contributed by atoms with Crippen LogP contribution in [0, 0.1) is 0 Å². The highest BCUT2D eigenvalue weighted by atomic mass is 19.4. The highest BCUT2D eigenvalue weighted by molar-refractivity contribution is 5.79. The molecule has 3 N–H and O–H groups in total. The zero-order chi connectivity index (χ0) is 21.3. The number of ether oxygens (including phenoxy) is 1. The molecule has 29 heavy (non-hydrogen) atoms. The number of halogens is 3. The summed E-state index contributed by atoms with van der Waals surface area (Å²) in [5, 5.41) is 16.6. The SMILES string of the molecule is CCNC(=NCC(C)(O)c1ccccc1)NCCOc1ncccc1C(F)(F)F. The lowest BCUT2D eigenvalue weighted by Gasteiger charge is -2.22. The third-order valence-electron chi connectivity index (χ3n) is 3.99. The molecule has 0 spiro atoms. The van der Waals surface area contributed by atoms with E-state index in [1.165, 1.54) is 12.3 Å². The molecule has 0 saturated carbocycles. The third kappa shape index (κ3) is 6.94. The number of hydrogen-bond acceptors (Lipinski definition) is 4. The van der Waals surface area contributed by atoms with Gasteiger partial charge in [-0.15, -0.1) is 0 Å². The van der Waals surface area contributed by atoms with Crippen LogP contribution in [-0.4, -0.2) is 42.3 Å². The Morgan fingerprint density at radius 3 is 2.52 bits per heavy atom. The lowest BCUT2D eigenvalue weighted by atomic mass is 9.96. The van der Waals surface area contributed by atoms with E-state index in [0.717, 1.165) is 11.6 Å². The Hall–Kier alpha value is -2.81. The van der Waals surface area contributed by atoms with E-state index in [9.17, 15) is 18.3 Å². The van der Waals surface area contributed by atoms with Crippen LogP contribution in [0.15, 0.2) is 53.7 Å². The number of nitrogens with one attached hydrogen (secondary N) is 2. The van der Waals surface area contributed by atoms with Crippen molar-refractivity contribution in [1.29, 1.82) is 0 Å². The normalized spacial score (nSPS) is 14.2. The number of nitrogens with zero attached hydrogens (tertiary/aromatic N) is 2. The van der Waals surface area contributed by atoms with Gasteiger partial charge in [-0.1, -0.05) is 30.3 Å². The minimum atomic E-state index is -4.53. The molecule has 0 aliphatic rings. The summed E-state index contributed by atoms with van der Waals surface area (Å²) in [6.45, 7) is 4.39. The van der Waals surface area contributed by atoms with Gasteiger partial charge < -0.3 is 20.5 Å². The van der Waals surface area contributed by atoms with E-state index in [2.05, 4.69) is 20.6 Å². The van der Waals surface area contributed by atoms with Gasteiger partial charge in [0.05, 0.1) is 13.1 Å². The monoisotopic (exact) mass is 410 g/mol. The van der Waals surface area contributed by atoms with Gasteiger partial charge >= 0.3 is 6.18 Å². The predicted octanol–water partition coefficient (Wildman–Crippen LogP) is 2.94. The maximum Gasteiger partial charge on any atom is 0.421 e. The van der Waals surface area contributed by atoms with Crippen molar-refractivity contribution in [3.05, 3.63) is 59.8 Å². The second kappa shape index (κ2) is 10.1. The Morgan fingerprint density at radius 1 is 1.14 bits per heavy atom. The van der Waals surface area contributed by atoms with Crippen LogP contribution in [0.3, 0.4) is 0 Å². The molecule has 2 aromatic rings. The molecule has 0 amide bonds. The van der Waals surface area contributed by atoms with E-state index in [4.69, 9.17) is 4.74 Å².